The van der Waals surface area contributed by atoms with Crippen LogP contribution >= 0.6 is 11.3 Å². The zero-order valence-electron chi connectivity index (χ0n) is 15.3. The lowest BCUT2D eigenvalue weighted by Gasteiger charge is -2.07. The molecule has 27 heavy (non-hydrogen) atoms. The van der Waals surface area contributed by atoms with Crippen LogP contribution in [0.5, 0.6) is 0 Å². The summed E-state index contributed by atoms with van der Waals surface area (Å²) >= 11 is 0.987. The van der Waals surface area contributed by atoms with E-state index in [4.69, 9.17) is 4.74 Å². The monoisotopic (exact) mass is 392 g/mol. The molecule has 0 aliphatic rings. The van der Waals surface area contributed by atoms with E-state index in [0.717, 1.165) is 23.8 Å². The summed E-state index contributed by atoms with van der Waals surface area (Å²) in [6.45, 7) is 5.87. The van der Waals surface area contributed by atoms with Crippen LogP contribution in [-0.4, -0.2) is 30.9 Å². The summed E-state index contributed by atoms with van der Waals surface area (Å²) in [6.07, 6.45) is 0.768. The lowest BCUT2D eigenvalue weighted by molar-refractivity contribution is 0.0527. The van der Waals surface area contributed by atoms with Gasteiger partial charge in [-0.1, -0.05) is 13.0 Å². The van der Waals surface area contributed by atoms with Crippen LogP contribution in [0.2, 0.25) is 0 Å². The van der Waals surface area contributed by atoms with Gasteiger partial charge in [0.1, 0.15) is 10.8 Å². The lowest BCUT2D eigenvalue weighted by atomic mass is 10.1. The van der Waals surface area contributed by atoms with Crippen LogP contribution in [0.1, 0.15) is 56.2 Å². The molecule has 0 radical (unpaired) electrons. The number of esters is 1. The molecule has 8 heteroatoms. The Morgan fingerprint density at radius 1 is 1.19 bits per heavy atom. The lowest BCUT2D eigenvalue weighted by Crippen LogP contribution is -2.23. The zero-order chi connectivity index (χ0) is 20.0. The van der Waals surface area contributed by atoms with Gasteiger partial charge in [-0.3, -0.25) is 9.59 Å². The van der Waals surface area contributed by atoms with Crippen LogP contribution < -0.4 is 10.6 Å². The molecule has 0 bridgehead atoms. The summed E-state index contributed by atoms with van der Waals surface area (Å²) in [4.78, 5) is 37.5. The highest BCUT2D eigenvalue weighted by Crippen LogP contribution is 2.34. The van der Waals surface area contributed by atoms with Crippen molar-refractivity contribution in [1.82, 2.24) is 5.32 Å². The fourth-order valence-electron chi connectivity index (χ4n) is 2.39. The van der Waals surface area contributed by atoms with Gasteiger partial charge in [-0.05, 0) is 44.0 Å². The molecule has 0 unspecified atom stereocenters. The van der Waals surface area contributed by atoms with E-state index in [2.05, 4.69) is 10.6 Å². The van der Waals surface area contributed by atoms with Crippen LogP contribution in [-0.2, 0) is 4.74 Å². The normalized spacial score (nSPS) is 10.4. The van der Waals surface area contributed by atoms with E-state index < -0.39 is 17.7 Å². The van der Waals surface area contributed by atoms with Crippen molar-refractivity contribution in [1.29, 1.82) is 0 Å². The van der Waals surface area contributed by atoms with Crippen LogP contribution in [0.3, 0.4) is 0 Å². The van der Waals surface area contributed by atoms with Gasteiger partial charge >= 0.3 is 5.97 Å². The van der Waals surface area contributed by atoms with Crippen LogP contribution in [0.15, 0.2) is 24.3 Å². The number of ether oxygens (including phenoxy) is 1. The molecule has 1 aromatic heterocycles. The molecule has 144 valence electrons. The van der Waals surface area contributed by atoms with Gasteiger partial charge in [0.2, 0.25) is 0 Å². The minimum absolute atomic E-state index is 0.104. The van der Waals surface area contributed by atoms with Crippen molar-refractivity contribution < 1.29 is 23.5 Å². The Hall–Kier alpha value is -2.74. The Kier molecular flexibility index (Phi) is 7.06. The molecular formula is C19H21FN2O4S. The molecule has 0 saturated heterocycles. The van der Waals surface area contributed by atoms with E-state index in [1.165, 1.54) is 18.2 Å². The number of halogens is 1. The first kappa shape index (κ1) is 20.6. The molecule has 6 nitrogen and oxygen atoms in total. The van der Waals surface area contributed by atoms with Gasteiger partial charge in [0, 0.05) is 12.1 Å². The summed E-state index contributed by atoms with van der Waals surface area (Å²) in [5.41, 5.74) is 0.669. The van der Waals surface area contributed by atoms with Crippen molar-refractivity contribution in [2.24, 2.45) is 0 Å². The van der Waals surface area contributed by atoms with E-state index in [0.29, 0.717) is 17.0 Å². The number of hydrogen-bond donors (Lipinski definition) is 2. The number of rotatable bonds is 7. The molecular weight excluding hydrogens is 371 g/mol. The smallest absolute Gasteiger partial charge is 0.341 e. The van der Waals surface area contributed by atoms with Gasteiger partial charge in [0.05, 0.1) is 17.0 Å². The number of amides is 2. The van der Waals surface area contributed by atoms with Crippen molar-refractivity contribution in [3.8, 4) is 0 Å². The Balaban J connectivity index is 2.39. The van der Waals surface area contributed by atoms with Crippen molar-refractivity contribution in [2.75, 3.05) is 18.5 Å². The molecule has 2 N–H and O–H groups in total. The molecule has 2 rings (SSSR count). The summed E-state index contributed by atoms with van der Waals surface area (Å²) in [7, 11) is 0. The van der Waals surface area contributed by atoms with Crippen molar-refractivity contribution in [3.63, 3.8) is 0 Å². The molecule has 1 aromatic carbocycles. The third-order valence-electron chi connectivity index (χ3n) is 3.68. The Bertz CT molecular complexity index is 863. The summed E-state index contributed by atoms with van der Waals surface area (Å²) in [5, 5.41) is 5.54. The van der Waals surface area contributed by atoms with E-state index in [9.17, 15) is 18.8 Å². The molecule has 0 spiro atoms. The predicted molar refractivity (Wildman–Crippen MR) is 102 cm³/mol. The molecule has 2 aromatic rings. The third kappa shape index (κ3) is 4.91. The molecule has 0 aliphatic carbocycles. The number of thiophene rings is 1. The maximum atomic E-state index is 13.4. The van der Waals surface area contributed by atoms with E-state index in [1.807, 2.05) is 6.92 Å². The molecule has 0 fully saturated rings. The second-order valence-corrected chi connectivity index (χ2v) is 6.72. The molecule has 1 heterocycles. The molecule has 0 saturated carbocycles. The molecule has 0 aliphatic heterocycles. The topological polar surface area (TPSA) is 84.5 Å². The standard InChI is InChI=1S/C19H21FN2O4S/c1-4-9-21-17(24)15-11(3)14(19(25)26-5-2)18(27-15)22-16(23)12-7-6-8-13(20)10-12/h6-8,10H,4-5,9H2,1-3H3,(H,21,24)(H,22,23). The first-order valence-corrected chi connectivity index (χ1v) is 9.36. The largest absolute Gasteiger partial charge is 0.462 e. The average Bonchev–Trinajstić information content (AvgIpc) is 2.96. The number of benzene rings is 1. The van der Waals surface area contributed by atoms with Gasteiger partial charge in [-0.2, -0.15) is 0 Å². The SMILES string of the molecule is CCCNC(=O)c1sc(NC(=O)c2cccc(F)c2)c(C(=O)OCC)c1C. The fourth-order valence-corrected chi connectivity index (χ4v) is 3.50. The predicted octanol–water partition coefficient (Wildman–Crippen LogP) is 3.76. The first-order chi connectivity index (χ1) is 12.9. The maximum absolute atomic E-state index is 13.4. The zero-order valence-corrected chi connectivity index (χ0v) is 16.2. The van der Waals surface area contributed by atoms with Crippen molar-refractivity contribution in [2.45, 2.75) is 27.2 Å². The highest BCUT2D eigenvalue weighted by Gasteiger charge is 2.26. The minimum Gasteiger partial charge on any atom is -0.462 e. The number of anilines is 1. The fraction of sp³-hybridized carbons (Fsp3) is 0.316. The van der Waals surface area contributed by atoms with Crippen molar-refractivity contribution in [3.05, 3.63) is 51.7 Å². The first-order valence-electron chi connectivity index (χ1n) is 8.54. The Morgan fingerprint density at radius 3 is 2.56 bits per heavy atom. The van der Waals surface area contributed by atoms with Gasteiger partial charge in [0.15, 0.2) is 0 Å². The van der Waals surface area contributed by atoms with E-state index in [1.54, 1.807) is 13.8 Å². The van der Waals surface area contributed by atoms with E-state index in [-0.39, 0.29) is 28.6 Å². The highest BCUT2D eigenvalue weighted by molar-refractivity contribution is 7.18. The summed E-state index contributed by atoms with van der Waals surface area (Å²) < 4.78 is 18.4. The average molecular weight is 392 g/mol. The summed E-state index contributed by atoms with van der Waals surface area (Å²) in [6, 6.07) is 5.19. The van der Waals surface area contributed by atoms with Crippen LogP contribution in [0.4, 0.5) is 9.39 Å². The van der Waals surface area contributed by atoms with Crippen LogP contribution in [0.25, 0.3) is 0 Å². The quantitative estimate of drug-likeness (QED) is 0.703. The van der Waals surface area contributed by atoms with E-state index >= 15 is 0 Å². The van der Waals surface area contributed by atoms with Gasteiger partial charge in [-0.25, -0.2) is 9.18 Å². The molecule has 0 atom stereocenters. The van der Waals surface area contributed by atoms with Gasteiger partial charge < -0.3 is 15.4 Å². The Morgan fingerprint density at radius 2 is 1.93 bits per heavy atom. The summed E-state index contributed by atoms with van der Waals surface area (Å²) in [5.74, 6) is -2.08. The van der Waals surface area contributed by atoms with Crippen molar-refractivity contribution >= 4 is 34.1 Å². The maximum Gasteiger partial charge on any atom is 0.341 e. The number of hydrogen-bond acceptors (Lipinski definition) is 5. The second-order valence-electron chi connectivity index (χ2n) is 5.70. The number of carbonyl (C=O) groups excluding carboxylic acids is 3. The Labute approximate surface area is 160 Å². The molecule has 2 amide bonds. The number of carbonyl (C=O) groups is 3. The number of nitrogens with one attached hydrogen (secondary N) is 2. The highest BCUT2D eigenvalue weighted by atomic mass is 32.1. The third-order valence-corrected chi connectivity index (χ3v) is 4.89. The van der Waals surface area contributed by atoms with Gasteiger partial charge in [0.25, 0.3) is 11.8 Å². The van der Waals surface area contributed by atoms with Gasteiger partial charge in [-0.15, -0.1) is 11.3 Å². The second kappa shape index (κ2) is 9.27. The minimum atomic E-state index is -0.629. The van der Waals surface area contributed by atoms with Crippen LogP contribution in [0, 0.1) is 12.7 Å².